The second-order valence-electron chi connectivity index (χ2n) is 7.54. The van der Waals surface area contributed by atoms with E-state index in [1.165, 1.54) is 11.3 Å². The number of anilines is 1. The molecule has 3 aromatic rings. The Morgan fingerprint density at radius 2 is 2.00 bits per heavy atom. The normalized spacial score (nSPS) is 15.7. The van der Waals surface area contributed by atoms with E-state index < -0.39 is 0 Å². The highest BCUT2D eigenvalue weighted by atomic mass is 32.1. The molecule has 160 valence electrons. The molecular weight excluding hydrogens is 412 g/mol. The average Bonchev–Trinajstić information content (AvgIpc) is 3.45. The minimum absolute atomic E-state index is 0.0385. The monoisotopic (exact) mass is 436 g/mol. The Hall–Kier alpha value is -3.26. The molecule has 2 heterocycles. The summed E-state index contributed by atoms with van der Waals surface area (Å²) in [6.45, 7) is 2.67. The van der Waals surface area contributed by atoms with Crippen molar-refractivity contribution < 1.29 is 14.3 Å². The highest BCUT2D eigenvalue weighted by Crippen LogP contribution is 2.34. The Kier molecular flexibility index (Phi) is 6.27. The maximum Gasteiger partial charge on any atom is 0.286 e. The molecule has 0 saturated carbocycles. The van der Waals surface area contributed by atoms with Gasteiger partial charge in [0.25, 0.3) is 5.91 Å². The number of aryl methyl sites for hydroxylation is 1. The first kappa shape index (κ1) is 21.0. The van der Waals surface area contributed by atoms with Crippen molar-refractivity contribution >= 4 is 28.8 Å². The van der Waals surface area contributed by atoms with Gasteiger partial charge in [-0.25, -0.2) is 0 Å². The van der Waals surface area contributed by atoms with E-state index in [1.54, 1.807) is 7.11 Å². The maximum absolute atomic E-state index is 13.0. The maximum atomic E-state index is 13.0. The van der Waals surface area contributed by atoms with E-state index in [9.17, 15) is 9.59 Å². The summed E-state index contributed by atoms with van der Waals surface area (Å²) < 4.78 is 5.25. The van der Waals surface area contributed by atoms with Crippen LogP contribution in [0.1, 0.15) is 44.8 Å². The first-order valence-electron chi connectivity index (χ1n) is 10.2. The number of benzene rings is 2. The van der Waals surface area contributed by atoms with E-state index in [4.69, 9.17) is 4.74 Å². The number of hydrogen-bond acceptors (Lipinski definition) is 6. The van der Waals surface area contributed by atoms with E-state index in [0.717, 1.165) is 29.7 Å². The molecule has 2 amide bonds. The number of carbonyl (C=O) groups excluding carboxylic acids is 2. The number of ether oxygens (including phenoxy) is 1. The Labute approximate surface area is 185 Å². The number of nitrogens with one attached hydrogen (secondary N) is 1. The number of amides is 2. The summed E-state index contributed by atoms with van der Waals surface area (Å²) in [5.74, 6) is 0.480. The first-order chi connectivity index (χ1) is 15.0. The predicted molar refractivity (Wildman–Crippen MR) is 119 cm³/mol. The molecule has 1 fully saturated rings. The predicted octanol–water partition coefficient (Wildman–Crippen LogP) is 4.01. The topological polar surface area (TPSA) is 84.4 Å². The molecule has 1 aliphatic heterocycles. The Balaban J connectivity index is 1.43. The molecule has 1 aromatic heterocycles. The van der Waals surface area contributed by atoms with E-state index in [-0.39, 0.29) is 17.9 Å². The molecule has 0 bridgehead atoms. The number of methoxy groups -OCH3 is 1. The number of rotatable bonds is 6. The number of aromatic nitrogens is 2. The number of hydrogen-bond donors (Lipinski definition) is 1. The third-order valence-electron chi connectivity index (χ3n) is 5.29. The summed E-state index contributed by atoms with van der Waals surface area (Å²) in [4.78, 5) is 27.4. The fourth-order valence-electron chi connectivity index (χ4n) is 3.66. The van der Waals surface area contributed by atoms with Gasteiger partial charge in [0.1, 0.15) is 10.8 Å². The van der Waals surface area contributed by atoms with Crippen LogP contribution in [0.2, 0.25) is 0 Å². The van der Waals surface area contributed by atoms with E-state index in [1.807, 2.05) is 60.4 Å². The SMILES string of the molecule is COc1cccc(CC(=O)N2CCC[C@H]2c2nnc(C(=O)Nc3ccc(C)cc3)s2)c1. The lowest BCUT2D eigenvalue weighted by Gasteiger charge is -2.22. The average molecular weight is 437 g/mol. The van der Waals surface area contributed by atoms with Gasteiger partial charge in [0.2, 0.25) is 10.9 Å². The molecule has 8 heteroatoms. The largest absolute Gasteiger partial charge is 0.497 e. The van der Waals surface area contributed by atoms with Crippen LogP contribution in [0.4, 0.5) is 5.69 Å². The molecule has 1 N–H and O–H groups in total. The van der Waals surface area contributed by atoms with E-state index >= 15 is 0 Å². The van der Waals surface area contributed by atoms with Crippen molar-refractivity contribution in [3.63, 3.8) is 0 Å². The molecule has 1 atom stereocenters. The van der Waals surface area contributed by atoms with Gasteiger partial charge in [-0.15, -0.1) is 10.2 Å². The van der Waals surface area contributed by atoms with Crippen LogP contribution < -0.4 is 10.1 Å². The van der Waals surface area contributed by atoms with Gasteiger partial charge in [0, 0.05) is 12.2 Å². The van der Waals surface area contributed by atoms with Gasteiger partial charge in [-0.2, -0.15) is 0 Å². The van der Waals surface area contributed by atoms with Crippen LogP contribution in [0.5, 0.6) is 5.75 Å². The third-order valence-corrected chi connectivity index (χ3v) is 6.32. The van der Waals surface area contributed by atoms with Gasteiger partial charge in [-0.05, 0) is 49.6 Å². The summed E-state index contributed by atoms with van der Waals surface area (Å²) >= 11 is 1.25. The Morgan fingerprint density at radius 1 is 1.19 bits per heavy atom. The van der Waals surface area contributed by atoms with Crippen LogP contribution >= 0.6 is 11.3 Å². The molecular formula is C23H24N4O3S. The quantitative estimate of drug-likeness (QED) is 0.631. The molecule has 2 aromatic carbocycles. The van der Waals surface area contributed by atoms with Crippen LogP contribution in [0.3, 0.4) is 0 Å². The molecule has 0 unspecified atom stereocenters. The molecule has 7 nitrogen and oxygen atoms in total. The van der Waals surface area contributed by atoms with Crippen molar-refractivity contribution in [3.05, 3.63) is 69.7 Å². The van der Waals surface area contributed by atoms with Crippen LogP contribution in [0.25, 0.3) is 0 Å². The zero-order valence-corrected chi connectivity index (χ0v) is 18.3. The number of nitrogens with zero attached hydrogens (tertiary/aromatic N) is 3. The van der Waals surface area contributed by atoms with Gasteiger partial charge in [0.05, 0.1) is 19.6 Å². The van der Waals surface area contributed by atoms with E-state index in [2.05, 4.69) is 15.5 Å². The zero-order valence-electron chi connectivity index (χ0n) is 17.5. The molecule has 0 aliphatic carbocycles. The summed E-state index contributed by atoms with van der Waals surface area (Å²) in [7, 11) is 1.61. The van der Waals surface area contributed by atoms with Crippen LogP contribution in [0.15, 0.2) is 48.5 Å². The number of likely N-dealkylation sites (tertiary alicyclic amines) is 1. The molecule has 0 spiro atoms. The lowest BCUT2D eigenvalue weighted by molar-refractivity contribution is -0.131. The van der Waals surface area contributed by atoms with Gasteiger partial charge >= 0.3 is 0 Å². The zero-order chi connectivity index (χ0) is 21.8. The molecule has 4 rings (SSSR count). The van der Waals surface area contributed by atoms with Crippen molar-refractivity contribution in [2.75, 3.05) is 19.0 Å². The van der Waals surface area contributed by atoms with Crippen molar-refractivity contribution in [1.82, 2.24) is 15.1 Å². The minimum Gasteiger partial charge on any atom is -0.497 e. The van der Waals surface area contributed by atoms with Crippen molar-refractivity contribution in [1.29, 1.82) is 0 Å². The van der Waals surface area contributed by atoms with Crippen molar-refractivity contribution in [2.24, 2.45) is 0 Å². The fourth-order valence-corrected chi connectivity index (χ4v) is 4.55. The summed E-state index contributed by atoms with van der Waals surface area (Å²) in [5, 5.41) is 12.1. The Bertz CT molecular complexity index is 1080. The number of carbonyl (C=O) groups is 2. The van der Waals surface area contributed by atoms with Gasteiger partial charge < -0.3 is 15.0 Å². The van der Waals surface area contributed by atoms with Crippen molar-refractivity contribution in [3.8, 4) is 5.75 Å². The lowest BCUT2D eigenvalue weighted by atomic mass is 10.1. The standard InChI is InChI=1S/C23H24N4O3S/c1-15-8-10-17(11-9-15)24-21(29)23-26-25-22(31-23)19-7-4-12-27(19)20(28)14-16-5-3-6-18(13-16)30-2/h3,5-6,8-11,13,19H,4,7,12,14H2,1-2H3,(H,24,29)/t19-/m0/s1. The third kappa shape index (κ3) is 4.91. The first-order valence-corrected chi connectivity index (χ1v) is 11.0. The minimum atomic E-state index is -0.292. The van der Waals surface area contributed by atoms with Gasteiger partial charge in [0.15, 0.2) is 0 Å². The molecule has 1 saturated heterocycles. The molecule has 1 aliphatic rings. The highest BCUT2D eigenvalue weighted by Gasteiger charge is 2.33. The van der Waals surface area contributed by atoms with Gasteiger partial charge in [-0.3, -0.25) is 9.59 Å². The smallest absolute Gasteiger partial charge is 0.286 e. The van der Waals surface area contributed by atoms with E-state index in [0.29, 0.717) is 28.7 Å². The lowest BCUT2D eigenvalue weighted by Crippen LogP contribution is -2.31. The Morgan fingerprint density at radius 3 is 2.77 bits per heavy atom. The molecule has 0 radical (unpaired) electrons. The van der Waals surface area contributed by atoms with Crippen molar-refractivity contribution in [2.45, 2.75) is 32.2 Å². The summed E-state index contributed by atoms with van der Waals surface area (Å²) in [6.07, 6.45) is 2.02. The van der Waals surface area contributed by atoms with Crippen LogP contribution in [-0.2, 0) is 11.2 Å². The second kappa shape index (κ2) is 9.26. The van der Waals surface area contributed by atoms with Crippen LogP contribution in [0, 0.1) is 6.92 Å². The summed E-state index contributed by atoms with van der Waals surface area (Å²) in [6, 6.07) is 15.0. The van der Waals surface area contributed by atoms with Crippen LogP contribution in [-0.4, -0.2) is 40.6 Å². The molecule has 31 heavy (non-hydrogen) atoms. The highest BCUT2D eigenvalue weighted by molar-refractivity contribution is 7.13. The second-order valence-corrected chi connectivity index (χ2v) is 8.55. The summed E-state index contributed by atoms with van der Waals surface area (Å²) in [5.41, 5.74) is 2.74. The fraction of sp³-hybridized carbons (Fsp3) is 0.304. The van der Waals surface area contributed by atoms with Gasteiger partial charge in [-0.1, -0.05) is 41.2 Å².